The van der Waals surface area contributed by atoms with E-state index < -0.39 is 23.2 Å². The minimum absolute atomic E-state index is 0.0273. The van der Waals surface area contributed by atoms with Crippen molar-refractivity contribution in [1.29, 1.82) is 0 Å². The van der Waals surface area contributed by atoms with Gasteiger partial charge in [-0.1, -0.05) is 104 Å². The molecule has 0 saturated carbocycles. The van der Waals surface area contributed by atoms with Crippen molar-refractivity contribution in [2.45, 2.75) is 125 Å². The molecule has 2 heterocycles. The lowest BCUT2D eigenvalue weighted by Crippen LogP contribution is -2.33. The Hall–Kier alpha value is -3.56. The molecule has 0 aliphatic rings. The number of halogens is 3. The van der Waals surface area contributed by atoms with Gasteiger partial charge in [0.25, 0.3) is 0 Å². The Kier molecular flexibility index (Phi) is 17.5. The first-order chi connectivity index (χ1) is 22.8. The van der Waals surface area contributed by atoms with Crippen LogP contribution in [0.2, 0.25) is 0 Å². The molecule has 0 spiro atoms. The lowest BCUT2D eigenvalue weighted by atomic mass is 9.78. The van der Waals surface area contributed by atoms with E-state index >= 15 is 0 Å². The van der Waals surface area contributed by atoms with E-state index in [2.05, 4.69) is 37.4 Å². The van der Waals surface area contributed by atoms with Gasteiger partial charge in [-0.05, 0) is 57.2 Å². The highest BCUT2D eigenvalue weighted by atomic mass is 19.4. The van der Waals surface area contributed by atoms with Gasteiger partial charge in [0.15, 0.2) is 0 Å². The summed E-state index contributed by atoms with van der Waals surface area (Å²) in [6.45, 7) is 13.4. The molecule has 0 amide bonds. The highest BCUT2D eigenvalue weighted by Gasteiger charge is 2.35. The first kappa shape index (κ1) is 40.6. The summed E-state index contributed by atoms with van der Waals surface area (Å²) >= 11 is 0. The second kappa shape index (κ2) is 20.7. The van der Waals surface area contributed by atoms with Crippen LogP contribution in [-0.4, -0.2) is 30.5 Å². The van der Waals surface area contributed by atoms with Crippen molar-refractivity contribution in [3.8, 4) is 22.8 Å². The highest BCUT2D eigenvalue weighted by molar-refractivity contribution is 5.81. The number of aromatic nitrogens is 1. The topological polar surface area (TPSA) is 87.9 Å². The number of ether oxygens (including phenoxy) is 3. The summed E-state index contributed by atoms with van der Waals surface area (Å²) in [7, 11) is 0. The minimum atomic E-state index is -4.90. The number of carbonyl (C=O) groups excluding carboxylic acids is 1. The Balaban J connectivity index is 0.00000257. The van der Waals surface area contributed by atoms with Gasteiger partial charge in [0.1, 0.15) is 5.75 Å². The summed E-state index contributed by atoms with van der Waals surface area (Å²) in [6.07, 6.45) is 8.01. The van der Waals surface area contributed by atoms with E-state index in [1.807, 2.05) is 13.8 Å². The highest BCUT2D eigenvalue weighted by Crippen LogP contribution is 2.34. The predicted octanol–water partition coefficient (Wildman–Crippen LogP) is 11.1. The van der Waals surface area contributed by atoms with Crippen LogP contribution in [-0.2, 0) is 9.53 Å². The van der Waals surface area contributed by atoms with Crippen molar-refractivity contribution >= 4 is 17.1 Å². The molecule has 1 aromatic carbocycles. The van der Waals surface area contributed by atoms with Gasteiger partial charge >= 0.3 is 18.0 Å². The van der Waals surface area contributed by atoms with Gasteiger partial charge in [0, 0.05) is 17.0 Å². The molecular weight excluding hydrogens is 623 g/mol. The molecule has 0 aliphatic carbocycles. The van der Waals surface area contributed by atoms with Crippen LogP contribution in [0.25, 0.3) is 22.2 Å². The van der Waals surface area contributed by atoms with Gasteiger partial charge in [-0.15, -0.1) is 13.2 Å². The maximum Gasteiger partial charge on any atom is 0.573 e. The summed E-state index contributed by atoms with van der Waals surface area (Å²) in [6, 6.07) is 10.1. The summed E-state index contributed by atoms with van der Waals surface area (Å²) in [4.78, 5) is 29.3. The third-order valence-corrected chi connectivity index (χ3v) is 8.23. The van der Waals surface area contributed by atoms with Crippen LogP contribution in [0.4, 0.5) is 13.2 Å². The maximum atomic E-state index is 12.8. The third kappa shape index (κ3) is 13.9. The number of hydrogen-bond acceptors (Lipinski definition) is 7. The zero-order valence-corrected chi connectivity index (χ0v) is 29.5. The van der Waals surface area contributed by atoms with Crippen molar-refractivity contribution in [1.82, 2.24) is 4.98 Å². The molecule has 268 valence electrons. The van der Waals surface area contributed by atoms with E-state index in [1.54, 1.807) is 12.1 Å². The smallest absolute Gasteiger partial charge is 0.478 e. The van der Waals surface area contributed by atoms with Crippen molar-refractivity contribution in [3.63, 3.8) is 0 Å². The van der Waals surface area contributed by atoms with Gasteiger partial charge in [0.2, 0.25) is 11.6 Å². The van der Waals surface area contributed by atoms with Gasteiger partial charge in [0.05, 0.1) is 24.2 Å². The number of esters is 1. The Bertz CT molecular complexity index is 1440. The molecule has 10 heteroatoms. The largest absolute Gasteiger partial charge is 0.573 e. The number of hydrogen-bond donors (Lipinski definition) is 0. The summed E-state index contributed by atoms with van der Waals surface area (Å²) < 4.78 is 59.1. The number of pyridine rings is 1. The Labute approximate surface area is 283 Å². The fourth-order valence-electron chi connectivity index (χ4n) is 5.12. The first-order valence-electron chi connectivity index (χ1n) is 17.4. The Morgan fingerprint density at radius 2 is 1.44 bits per heavy atom. The average molecular weight is 678 g/mol. The molecule has 1 atom stereocenters. The van der Waals surface area contributed by atoms with Crippen LogP contribution in [0.3, 0.4) is 0 Å². The van der Waals surface area contributed by atoms with Crippen molar-refractivity contribution in [2.24, 2.45) is 11.3 Å². The molecule has 0 N–H and O–H groups in total. The van der Waals surface area contributed by atoms with Crippen LogP contribution >= 0.6 is 0 Å². The quantitative estimate of drug-likeness (QED) is 0.0921. The summed E-state index contributed by atoms with van der Waals surface area (Å²) in [5, 5.41) is 0.445. The monoisotopic (exact) mass is 677 g/mol. The van der Waals surface area contributed by atoms with Crippen LogP contribution in [0.5, 0.6) is 11.6 Å². The van der Waals surface area contributed by atoms with Gasteiger partial charge in [-0.25, -0.2) is 4.79 Å². The van der Waals surface area contributed by atoms with Gasteiger partial charge < -0.3 is 18.6 Å². The summed E-state index contributed by atoms with van der Waals surface area (Å²) in [5.74, 6) is 0.0375. The fraction of sp³-hybridized carbons (Fsp3) is 0.605. The first-order valence-corrected chi connectivity index (χ1v) is 17.4. The molecule has 3 rings (SSSR count). The third-order valence-electron chi connectivity index (χ3n) is 8.23. The van der Waals surface area contributed by atoms with Crippen LogP contribution in [0.1, 0.15) is 119 Å². The zero-order chi connectivity index (χ0) is 35.6. The zero-order valence-electron chi connectivity index (χ0n) is 29.5. The second-order valence-electron chi connectivity index (χ2n) is 12.8. The molecule has 3 aromatic rings. The van der Waals surface area contributed by atoms with E-state index in [-0.39, 0.29) is 22.8 Å². The second-order valence-corrected chi connectivity index (χ2v) is 12.8. The van der Waals surface area contributed by atoms with Gasteiger partial charge in [-0.3, -0.25) is 4.79 Å². The molecule has 0 radical (unpaired) electrons. The maximum absolute atomic E-state index is 12.8. The summed E-state index contributed by atoms with van der Waals surface area (Å²) in [5.41, 5.74) is -1.31. The normalized spacial score (nSPS) is 12.3. The van der Waals surface area contributed by atoms with Crippen molar-refractivity contribution in [2.75, 3.05) is 13.2 Å². The molecule has 7 nitrogen and oxygen atoms in total. The van der Waals surface area contributed by atoms with E-state index in [9.17, 15) is 22.8 Å². The van der Waals surface area contributed by atoms with Crippen LogP contribution in [0.15, 0.2) is 51.7 Å². The number of fused-ring (bicyclic) bond motifs is 1. The number of benzene rings is 1. The molecule has 48 heavy (non-hydrogen) atoms. The molecular formula is C38H54F3NO6. The number of nitrogens with zero attached hydrogens (tertiary/aromatic N) is 1. The van der Waals surface area contributed by atoms with Crippen molar-refractivity contribution < 1.29 is 36.6 Å². The molecule has 0 saturated heterocycles. The number of carbonyl (C=O) groups is 1. The van der Waals surface area contributed by atoms with E-state index in [4.69, 9.17) is 13.9 Å². The molecule has 2 aromatic heterocycles. The van der Waals surface area contributed by atoms with Crippen molar-refractivity contribution in [3.05, 3.63) is 52.9 Å². The SMILES string of the molecule is CCC.CCCC(C)C(C)(C)C(=O)OCCCCCCCCCCCOc1ccc2cc(-c3ccccc3OC(F)(F)F)c(=O)oc2n1. The molecule has 0 bridgehead atoms. The van der Waals surface area contributed by atoms with Crippen LogP contribution < -0.4 is 15.1 Å². The fourth-order valence-corrected chi connectivity index (χ4v) is 5.12. The Morgan fingerprint density at radius 1 is 0.854 bits per heavy atom. The minimum Gasteiger partial charge on any atom is -0.478 e. The van der Waals surface area contributed by atoms with E-state index in [1.165, 1.54) is 43.5 Å². The lowest BCUT2D eigenvalue weighted by molar-refractivity contribution is -0.274. The number of rotatable bonds is 19. The molecule has 0 fully saturated rings. The standard InChI is InChI=1S/C35H46F3NO6.C3H8/c1-5-17-25(2)34(3,4)33(41)43-23-16-12-10-8-6-7-9-11-15-22-42-30-21-20-26-24-28(32(40)44-31(26)39-30)27-18-13-14-19-29(27)45-35(36,37)38;1-3-2/h13-14,18-21,24-25H,5-12,15-17,22-23H2,1-4H3;3H2,1-2H3. The molecule has 0 aliphatic heterocycles. The number of para-hydroxylation sites is 1. The number of unbranched alkanes of at least 4 members (excludes halogenated alkanes) is 8. The van der Waals surface area contributed by atoms with E-state index in [0.29, 0.717) is 30.4 Å². The van der Waals surface area contributed by atoms with Gasteiger partial charge in [-0.2, -0.15) is 4.98 Å². The average Bonchev–Trinajstić information content (AvgIpc) is 3.03. The number of alkyl halides is 3. The predicted molar refractivity (Wildman–Crippen MR) is 184 cm³/mol. The Morgan fingerprint density at radius 3 is 2.04 bits per heavy atom. The van der Waals surface area contributed by atoms with Crippen LogP contribution in [0, 0.1) is 11.3 Å². The molecule has 1 unspecified atom stereocenters. The van der Waals surface area contributed by atoms with E-state index in [0.717, 1.165) is 63.9 Å². The lowest BCUT2D eigenvalue weighted by Gasteiger charge is -2.29.